The molecule has 0 saturated heterocycles. The molecule has 1 aromatic carbocycles. The lowest BCUT2D eigenvalue weighted by Gasteiger charge is -2.35. The molecule has 1 N–H and O–H groups in total. The number of rotatable bonds is 3. The first-order valence-electron chi connectivity index (χ1n) is 6.60. The van der Waals surface area contributed by atoms with Crippen LogP contribution in [0.4, 0.5) is 5.69 Å². The van der Waals surface area contributed by atoms with Gasteiger partial charge in [0.2, 0.25) is 0 Å². The van der Waals surface area contributed by atoms with Crippen molar-refractivity contribution in [3.05, 3.63) is 29.3 Å². The first-order chi connectivity index (χ1) is 8.45. The topological polar surface area (TPSA) is 32.3 Å². The minimum atomic E-state index is -0.108. The van der Waals surface area contributed by atoms with Crippen molar-refractivity contribution in [3.8, 4) is 0 Å². The van der Waals surface area contributed by atoms with Crippen LogP contribution in [-0.2, 0) is 6.42 Å². The zero-order valence-electron chi connectivity index (χ0n) is 11.7. The van der Waals surface area contributed by atoms with Gasteiger partial charge in [-0.25, -0.2) is 0 Å². The van der Waals surface area contributed by atoms with Crippen molar-refractivity contribution in [1.82, 2.24) is 4.90 Å². The Bertz CT molecular complexity index is 466. The van der Waals surface area contributed by atoms with Crippen molar-refractivity contribution in [2.75, 3.05) is 18.9 Å². The Morgan fingerprint density at radius 3 is 2.83 bits per heavy atom. The van der Waals surface area contributed by atoms with Gasteiger partial charge in [-0.2, -0.15) is 0 Å². The summed E-state index contributed by atoms with van der Waals surface area (Å²) >= 11 is 0. The third kappa shape index (κ3) is 2.22. The van der Waals surface area contributed by atoms with Crippen molar-refractivity contribution in [1.29, 1.82) is 0 Å². The summed E-state index contributed by atoms with van der Waals surface area (Å²) in [5.74, 6) is 0.0957. The lowest BCUT2D eigenvalue weighted by Crippen LogP contribution is -2.44. The van der Waals surface area contributed by atoms with Gasteiger partial charge < -0.3 is 10.2 Å². The van der Waals surface area contributed by atoms with Crippen LogP contribution < -0.4 is 5.32 Å². The number of carbonyl (C=O) groups is 1. The molecule has 18 heavy (non-hydrogen) atoms. The Labute approximate surface area is 109 Å². The number of anilines is 1. The molecule has 0 aromatic heterocycles. The van der Waals surface area contributed by atoms with E-state index in [0.29, 0.717) is 0 Å². The molecule has 1 heterocycles. The number of fused-ring (bicyclic) bond motifs is 1. The van der Waals surface area contributed by atoms with Gasteiger partial charge in [-0.15, -0.1) is 0 Å². The lowest BCUT2D eigenvalue weighted by molar-refractivity contribution is 0.0620. The van der Waals surface area contributed by atoms with E-state index in [2.05, 4.69) is 32.2 Å². The fourth-order valence-corrected chi connectivity index (χ4v) is 2.13. The van der Waals surface area contributed by atoms with Crippen LogP contribution in [0.3, 0.4) is 0 Å². The highest BCUT2D eigenvalue weighted by Gasteiger charge is 2.27. The molecule has 0 spiro atoms. The van der Waals surface area contributed by atoms with Gasteiger partial charge in [0.05, 0.1) is 0 Å². The highest BCUT2D eigenvalue weighted by molar-refractivity contribution is 5.95. The van der Waals surface area contributed by atoms with Crippen LogP contribution in [0.1, 0.15) is 43.1 Å². The molecule has 1 aliphatic rings. The summed E-state index contributed by atoms with van der Waals surface area (Å²) in [7, 11) is 1.88. The van der Waals surface area contributed by atoms with Gasteiger partial charge in [0.1, 0.15) is 0 Å². The van der Waals surface area contributed by atoms with Crippen LogP contribution in [0, 0.1) is 0 Å². The molecule has 1 aromatic rings. The van der Waals surface area contributed by atoms with E-state index in [4.69, 9.17) is 0 Å². The third-order valence-corrected chi connectivity index (χ3v) is 4.14. The van der Waals surface area contributed by atoms with Crippen molar-refractivity contribution >= 4 is 11.6 Å². The summed E-state index contributed by atoms with van der Waals surface area (Å²) in [6.07, 6.45) is 2.00. The normalized spacial score (nSPS) is 14.0. The summed E-state index contributed by atoms with van der Waals surface area (Å²) in [4.78, 5) is 14.3. The van der Waals surface area contributed by atoms with Crippen LogP contribution in [0.15, 0.2) is 18.2 Å². The number of nitrogens with one attached hydrogen (secondary N) is 1. The van der Waals surface area contributed by atoms with Crippen molar-refractivity contribution in [2.45, 2.75) is 39.2 Å². The van der Waals surface area contributed by atoms with E-state index >= 15 is 0 Å². The van der Waals surface area contributed by atoms with E-state index in [-0.39, 0.29) is 11.4 Å². The highest BCUT2D eigenvalue weighted by Crippen LogP contribution is 2.25. The SMILES string of the molecule is CCC(C)(C)N(C)C(=O)c1ccc2c(c1)NCC2. The monoisotopic (exact) mass is 246 g/mol. The van der Waals surface area contributed by atoms with Gasteiger partial charge in [-0.05, 0) is 44.4 Å². The largest absolute Gasteiger partial charge is 0.384 e. The molecule has 0 radical (unpaired) electrons. The summed E-state index contributed by atoms with van der Waals surface area (Å²) < 4.78 is 0. The maximum Gasteiger partial charge on any atom is 0.254 e. The van der Waals surface area contributed by atoms with Crippen molar-refractivity contribution < 1.29 is 4.79 Å². The zero-order chi connectivity index (χ0) is 13.3. The van der Waals surface area contributed by atoms with E-state index in [1.165, 1.54) is 5.56 Å². The average molecular weight is 246 g/mol. The van der Waals surface area contributed by atoms with Crippen LogP contribution in [-0.4, -0.2) is 29.9 Å². The number of benzene rings is 1. The van der Waals surface area contributed by atoms with E-state index in [1.54, 1.807) is 0 Å². The van der Waals surface area contributed by atoms with Gasteiger partial charge in [0, 0.05) is 30.4 Å². The minimum absolute atomic E-state index is 0.0957. The maximum atomic E-state index is 12.4. The van der Waals surface area contributed by atoms with Crippen molar-refractivity contribution in [2.24, 2.45) is 0 Å². The highest BCUT2D eigenvalue weighted by atomic mass is 16.2. The molecule has 0 fully saturated rings. The Kier molecular flexibility index (Phi) is 3.33. The van der Waals surface area contributed by atoms with E-state index in [0.717, 1.165) is 30.6 Å². The molecule has 1 amide bonds. The van der Waals surface area contributed by atoms with Gasteiger partial charge >= 0.3 is 0 Å². The predicted molar refractivity (Wildman–Crippen MR) is 75.1 cm³/mol. The van der Waals surface area contributed by atoms with Crippen molar-refractivity contribution in [3.63, 3.8) is 0 Å². The van der Waals surface area contributed by atoms with Crippen LogP contribution in [0.2, 0.25) is 0 Å². The Morgan fingerprint density at radius 2 is 2.17 bits per heavy atom. The second-order valence-corrected chi connectivity index (χ2v) is 5.58. The Balaban J connectivity index is 2.24. The molecule has 1 aliphatic heterocycles. The molecule has 98 valence electrons. The quantitative estimate of drug-likeness (QED) is 0.889. The molecule has 0 atom stereocenters. The molecule has 2 rings (SSSR count). The lowest BCUT2D eigenvalue weighted by atomic mass is 9.98. The molecule has 0 aliphatic carbocycles. The molecule has 3 heteroatoms. The summed E-state index contributed by atoms with van der Waals surface area (Å²) in [6, 6.07) is 5.98. The standard InChI is InChI=1S/C15H22N2O/c1-5-15(2,3)17(4)14(18)12-7-6-11-8-9-16-13(11)10-12/h6-7,10,16H,5,8-9H2,1-4H3. The number of nitrogens with zero attached hydrogens (tertiary/aromatic N) is 1. The molecular formula is C15H22N2O. The predicted octanol–water partition coefficient (Wildman–Crippen LogP) is 2.92. The van der Waals surface area contributed by atoms with E-state index in [9.17, 15) is 4.79 Å². The maximum absolute atomic E-state index is 12.4. The molecular weight excluding hydrogens is 224 g/mol. The Hall–Kier alpha value is -1.51. The molecule has 0 bridgehead atoms. The molecule has 0 unspecified atom stereocenters. The smallest absolute Gasteiger partial charge is 0.254 e. The van der Waals surface area contributed by atoms with Gasteiger partial charge in [0.15, 0.2) is 0 Å². The summed E-state index contributed by atoms with van der Waals surface area (Å²) in [6.45, 7) is 7.27. The zero-order valence-corrected chi connectivity index (χ0v) is 11.7. The van der Waals surface area contributed by atoms with E-state index < -0.39 is 0 Å². The van der Waals surface area contributed by atoms with E-state index in [1.807, 2.05) is 24.1 Å². The van der Waals surface area contributed by atoms with Crippen LogP contribution in [0.25, 0.3) is 0 Å². The fraction of sp³-hybridized carbons (Fsp3) is 0.533. The third-order valence-electron chi connectivity index (χ3n) is 4.14. The van der Waals surface area contributed by atoms with Gasteiger partial charge in [-0.3, -0.25) is 4.79 Å². The van der Waals surface area contributed by atoms with Crippen LogP contribution >= 0.6 is 0 Å². The summed E-state index contributed by atoms with van der Waals surface area (Å²) in [5.41, 5.74) is 3.09. The number of hydrogen-bond donors (Lipinski definition) is 1. The Morgan fingerprint density at radius 1 is 1.44 bits per heavy atom. The first-order valence-corrected chi connectivity index (χ1v) is 6.60. The average Bonchev–Trinajstić information content (AvgIpc) is 2.84. The summed E-state index contributed by atoms with van der Waals surface area (Å²) in [5, 5.41) is 3.32. The second-order valence-electron chi connectivity index (χ2n) is 5.58. The first kappa shape index (κ1) is 12.9. The number of hydrogen-bond acceptors (Lipinski definition) is 2. The van der Waals surface area contributed by atoms with Gasteiger partial charge in [-0.1, -0.05) is 13.0 Å². The van der Waals surface area contributed by atoms with Crippen LogP contribution in [0.5, 0.6) is 0 Å². The van der Waals surface area contributed by atoms with Gasteiger partial charge in [0.25, 0.3) is 5.91 Å². The minimum Gasteiger partial charge on any atom is -0.384 e. The molecule has 3 nitrogen and oxygen atoms in total. The number of amides is 1. The second kappa shape index (κ2) is 4.63. The molecule has 0 saturated carbocycles. The number of carbonyl (C=O) groups excluding carboxylic acids is 1. The fourth-order valence-electron chi connectivity index (χ4n) is 2.13.